The number of carbonyl (C=O) groups excluding carboxylic acids is 1. The molecular formula is C13H9NO2S. The van der Waals surface area contributed by atoms with Crippen LogP contribution in [0.4, 0.5) is 0 Å². The number of nitrogens with zero attached hydrogens (tertiary/aromatic N) is 1. The van der Waals surface area contributed by atoms with Crippen LogP contribution in [-0.2, 0) is 7.05 Å². The molecule has 0 aliphatic heterocycles. The minimum Gasteiger partial charge on any atom is -0.340 e. The van der Waals surface area contributed by atoms with Gasteiger partial charge in [0.25, 0.3) is 0 Å². The zero-order valence-corrected chi connectivity index (χ0v) is 9.95. The Labute approximate surface area is 101 Å². The lowest BCUT2D eigenvalue weighted by atomic mass is 10.2. The topological polar surface area (TPSA) is 39.1 Å². The Balaban J connectivity index is 2.67. The lowest BCUT2D eigenvalue weighted by Crippen LogP contribution is -2.09. The number of aryl methyl sites for hydroxylation is 1. The Kier molecular flexibility index (Phi) is 2.12. The number of benzene rings is 1. The third kappa shape index (κ3) is 1.34. The first-order chi connectivity index (χ1) is 8.22. The fourth-order valence-electron chi connectivity index (χ4n) is 2.07. The number of aromatic nitrogens is 1. The predicted molar refractivity (Wildman–Crippen MR) is 70.0 cm³/mol. The summed E-state index contributed by atoms with van der Waals surface area (Å²) in [5.41, 5.74) is 1.17. The van der Waals surface area contributed by atoms with Crippen molar-refractivity contribution < 1.29 is 4.79 Å². The Morgan fingerprint density at radius 3 is 2.82 bits per heavy atom. The van der Waals surface area contributed by atoms with E-state index in [-0.39, 0.29) is 5.43 Å². The van der Waals surface area contributed by atoms with Crippen LogP contribution >= 0.6 is 11.3 Å². The number of hydrogen-bond acceptors (Lipinski definition) is 3. The summed E-state index contributed by atoms with van der Waals surface area (Å²) < 4.78 is 3.56. The van der Waals surface area contributed by atoms with Gasteiger partial charge in [-0.2, -0.15) is 0 Å². The average molecular weight is 243 g/mol. The van der Waals surface area contributed by atoms with Crippen molar-refractivity contribution in [1.82, 2.24) is 4.57 Å². The average Bonchev–Trinajstić information content (AvgIpc) is 2.73. The zero-order valence-electron chi connectivity index (χ0n) is 9.14. The standard InChI is InChI=1S/C13H9NO2S/c1-14-8(7-15)6-10(16)13-12(14)9-4-2-3-5-11(9)17-13/h2-7H,1H3. The Morgan fingerprint density at radius 1 is 1.29 bits per heavy atom. The largest absolute Gasteiger partial charge is 0.340 e. The predicted octanol–water partition coefficient (Wildman–Crippen LogP) is 2.57. The molecule has 0 aliphatic rings. The molecule has 0 atom stereocenters. The number of aldehydes is 1. The highest BCUT2D eigenvalue weighted by Crippen LogP contribution is 2.31. The van der Waals surface area contributed by atoms with E-state index in [1.165, 1.54) is 17.4 Å². The molecule has 0 saturated heterocycles. The lowest BCUT2D eigenvalue weighted by Gasteiger charge is -2.04. The van der Waals surface area contributed by atoms with Crippen molar-refractivity contribution in [3.63, 3.8) is 0 Å². The summed E-state index contributed by atoms with van der Waals surface area (Å²) in [5.74, 6) is 0. The highest BCUT2D eigenvalue weighted by molar-refractivity contribution is 7.25. The molecule has 0 bridgehead atoms. The molecule has 0 amide bonds. The van der Waals surface area contributed by atoms with E-state index >= 15 is 0 Å². The van der Waals surface area contributed by atoms with Crippen molar-refractivity contribution in [2.75, 3.05) is 0 Å². The molecule has 0 aliphatic carbocycles. The molecule has 84 valence electrons. The Morgan fingerprint density at radius 2 is 2.06 bits per heavy atom. The van der Waals surface area contributed by atoms with Gasteiger partial charge in [-0.15, -0.1) is 11.3 Å². The van der Waals surface area contributed by atoms with Crippen LogP contribution in [0.15, 0.2) is 35.1 Å². The second-order valence-electron chi connectivity index (χ2n) is 3.89. The zero-order chi connectivity index (χ0) is 12.0. The van der Waals surface area contributed by atoms with Gasteiger partial charge in [0.2, 0.25) is 0 Å². The van der Waals surface area contributed by atoms with Crippen LogP contribution in [0.5, 0.6) is 0 Å². The summed E-state index contributed by atoms with van der Waals surface area (Å²) in [4.78, 5) is 22.8. The molecule has 0 spiro atoms. The fraction of sp³-hybridized carbons (Fsp3) is 0.0769. The third-order valence-electron chi connectivity index (χ3n) is 2.92. The molecule has 17 heavy (non-hydrogen) atoms. The van der Waals surface area contributed by atoms with Gasteiger partial charge < -0.3 is 4.57 Å². The molecule has 3 rings (SSSR count). The van der Waals surface area contributed by atoms with Gasteiger partial charge in [-0.05, 0) is 6.07 Å². The van der Waals surface area contributed by atoms with Crippen LogP contribution in [0.25, 0.3) is 20.3 Å². The van der Waals surface area contributed by atoms with Gasteiger partial charge in [-0.1, -0.05) is 18.2 Å². The number of thiophene rings is 1. The number of rotatable bonds is 1. The summed E-state index contributed by atoms with van der Waals surface area (Å²) in [7, 11) is 1.81. The van der Waals surface area contributed by atoms with E-state index in [0.29, 0.717) is 16.7 Å². The van der Waals surface area contributed by atoms with Gasteiger partial charge in [0, 0.05) is 23.2 Å². The van der Waals surface area contributed by atoms with E-state index in [2.05, 4.69) is 0 Å². The van der Waals surface area contributed by atoms with E-state index in [0.717, 1.165) is 15.6 Å². The van der Waals surface area contributed by atoms with Crippen molar-refractivity contribution in [2.45, 2.75) is 0 Å². The van der Waals surface area contributed by atoms with Crippen LogP contribution in [0.1, 0.15) is 10.5 Å². The fourth-order valence-corrected chi connectivity index (χ4v) is 3.22. The van der Waals surface area contributed by atoms with E-state index in [9.17, 15) is 9.59 Å². The molecule has 3 nitrogen and oxygen atoms in total. The van der Waals surface area contributed by atoms with Gasteiger partial charge in [-0.3, -0.25) is 9.59 Å². The number of hydrogen-bond donors (Lipinski definition) is 0. The van der Waals surface area contributed by atoms with Crippen LogP contribution in [0.2, 0.25) is 0 Å². The Hall–Kier alpha value is -1.94. The van der Waals surface area contributed by atoms with Gasteiger partial charge >= 0.3 is 0 Å². The molecule has 0 N–H and O–H groups in total. The lowest BCUT2D eigenvalue weighted by molar-refractivity contribution is 0.111. The first-order valence-corrected chi connectivity index (χ1v) is 6.00. The number of pyridine rings is 1. The van der Waals surface area contributed by atoms with Crippen LogP contribution < -0.4 is 5.43 Å². The summed E-state index contributed by atoms with van der Waals surface area (Å²) >= 11 is 1.47. The molecule has 2 aromatic heterocycles. The van der Waals surface area contributed by atoms with Gasteiger partial charge in [0.1, 0.15) is 0 Å². The monoisotopic (exact) mass is 243 g/mol. The molecule has 0 radical (unpaired) electrons. The van der Waals surface area contributed by atoms with E-state index in [4.69, 9.17) is 0 Å². The molecule has 0 fully saturated rings. The van der Waals surface area contributed by atoms with Crippen molar-refractivity contribution in [1.29, 1.82) is 0 Å². The summed E-state index contributed by atoms with van der Waals surface area (Å²) in [6.45, 7) is 0. The number of fused-ring (bicyclic) bond motifs is 3. The molecule has 2 heterocycles. The van der Waals surface area contributed by atoms with Gasteiger partial charge in [-0.25, -0.2) is 0 Å². The quantitative estimate of drug-likeness (QED) is 0.616. The molecule has 0 saturated carbocycles. The highest BCUT2D eigenvalue weighted by atomic mass is 32.1. The molecule has 4 heteroatoms. The smallest absolute Gasteiger partial charge is 0.200 e. The van der Waals surface area contributed by atoms with Crippen LogP contribution in [0.3, 0.4) is 0 Å². The van der Waals surface area contributed by atoms with Crippen molar-refractivity contribution >= 4 is 37.9 Å². The summed E-state index contributed by atoms with van der Waals surface area (Å²) in [6, 6.07) is 9.24. The van der Waals surface area contributed by atoms with Crippen molar-refractivity contribution in [3.8, 4) is 0 Å². The number of carbonyl (C=O) groups is 1. The first kappa shape index (κ1) is 10.2. The molecule has 0 unspecified atom stereocenters. The van der Waals surface area contributed by atoms with E-state index < -0.39 is 0 Å². The maximum atomic E-state index is 11.9. The first-order valence-electron chi connectivity index (χ1n) is 5.19. The minimum absolute atomic E-state index is 0.0820. The molecule has 1 aromatic carbocycles. The van der Waals surface area contributed by atoms with Gasteiger partial charge in [0.15, 0.2) is 11.7 Å². The second kappa shape index (κ2) is 3.53. The van der Waals surface area contributed by atoms with Crippen LogP contribution in [0, 0.1) is 0 Å². The molecule has 3 aromatic rings. The second-order valence-corrected chi connectivity index (χ2v) is 4.94. The van der Waals surface area contributed by atoms with E-state index in [1.54, 1.807) is 4.57 Å². The normalized spacial score (nSPS) is 11.1. The third-order valence-corrected chi connectivity index (χ3v) is 4.09. The minimum atomic E-state index is -0.0820. The summed E-state index contributed by atoms with van der Waals surface area (Å²) in [5, 5.41) is 1.02. The summed E-state index contributed by atoms with van der Waals surface area (Å²) in [6.07, 6.45) is 0.716. The maximum absolute atomic E-state index is 11.9. The van der Waals surface area contributed by atoms with Crippen molar-refractivity contribution in [2.24, 2.45) is 7.05 Å². The maximum Gasteiger partial charge on any atom is 0.200 e. The molecular weight excluding hydrogens is 234 g/mol. The van der Waals surface area contributed by atoms with E-state index in [1.807, 2.05) is 31.3 Å². The Bertz CT molecular complexity index is 798. The highest BCUT2D eigenvalue weighted by Gasteiger charge is 2.12. The van der Waals surface area contributed by atoms with Crippen LogP contribution in [-0.4, -0.2) is 10.9 Å². The van der Waals surface area contributed by atoms with Crippen molar-refractivity contribution in [3.05, 3.63) is 46.2 Å². The SMILES string of the molecule is Cn1c(C=O)cc(=O)c2sc3ccccc3c21. The van der Waals surface area contributed by atoms with Gasteiger partial charge in [0.05, 0.1) is 15.9 Å².